The molecular weight excluding hydrogens is 487 g/mol. The highest BCUT2D eigenvalue weighted by Gasteiger charge is 2.33. The molecule has 0 N–H and O–H groups in total. The Morgan fingerprint density at radius 1 is 1.22 bits per heavy atom. The minimum atomic E-state index is -4.39. The molecule has 0 fully saturated rings. The Bertz CT molecular complexity index is 961. The summed E-state index contributed by atoms with van der Waals surface area (Å²) in [6.45, 7) is 2.68. The molecule has 0 saturated carbocycles. The maximum Gasteiger partial charge on any atom is 0.327 e. The van der Waals surface area contributed by atoms with Crippen LogP contribution in [0.25, 0.3) is 0 Å². The Balaban J connectivity index is 2.58. The highest BCUT2D eigenvalue weighted by Crippen LogP contribution is 2.30. The second kappa shape index (κ2) is 8.65. The van der Waals surface area contributed by atoms with E-state index in [-0.39, 0.29) is 5.69 Å². The van der Waals surface area contributed by atoms with E-state index in [1.807, 2.05) is 22.6 Å². The molecule has 144 valence electrons. The van der Waals surface area contributed by atoms with Crippen molar-refractivity contribution in [3.63, 3.8) is 0 Å². The zero-order valence-electron chi connectivity index (χ0n) is 14.5. The van der Waals surface area contributed by atoms with Gasteiger partial charge in [0.1, 0.15) is 6.54 Å². The summed E-state index contributed by atoms with van der Waals surface area (Å²) in [6.07, 6.45) is -0.427. The SMILES string of the molecule is CC(C)OC(=O)CN(c1cccc(I)c1)S(=O)(=O)c1ccccc1[N+](=O)[O-]. The van der Waals surface area contributed by atoms with E-state index in [4.69, 9.17) is 4.74 Å². The summed E-state index contributed by atoms with van der Waals surface area (Å²) >= 11 is 2.01. The van der Waals surface area contributed by atoms with Crippen LogP contribution in [0.4, 0.5) is 11.4 Å². The minimum absolute atomic E-state index is 0.209. The molecule has 0 aliphatic rings. The summed E-state index contributed by atoms with van der Waals surface area (Å²) in [5.41, 5.74) is -0.355. The van der Waals surface area contributed by atoms with E-state index in [2.05, 4.69) is 0 Å². The van der Waals surface area contributed by atoms with Gasteiger partial charge in [0.15, 0.2) is 4.90 Å². The number of ether oxygens (including phenoxy) is 1. The van der Waals surface area contributed by atoms with Gasteiger partial charge in [0, 0.05) is 9.64 Å². The number of hydrogen-bond acceptors (Lipinski definition) is 6. The molecule has 10 heteroatoms. The van der Waals surface area contributed by atoms with Gasteiger partial charge in [-0.2, -0.15) is 0 Å². The molecule has 0 heterocycles. The Morgan fingerprint density at radius 3 is 2.48 bits per heavy atom. The predicted molar refractivity (Wildman–Crippen MR) is 108 cm³/mol. The van der Waals surface area contributed by atoms with Gasteiger partial charge in [-0.25, -0.2) is 8.42 Å². The topological polar surface area (TPSA) is 107 Å². The largest absolute Gasteiger partial charge is 0.462 e. The summed E-state index contributed by atoms with van der Waals surface area (Å²) in [6, 6.07) is 11.5. The third-order valence-corrected chi connectivity index (χ3v) is 5.86. The minimum Gasteiger partial charge on any atom is -0.462 e. The first kappa shape index (κ1) is 21.1. The Kier molecular flexibility index (Phi) is 6.76. The van der Waals surface area contributed by atoms with Gasteiger partial charge < -0.3 is 4.74 Å². The van der Waals surface area contributed by atoms with E-state index >= 15 is 0 Å². The number of carbonyl (C=O) groups is 1. The number of carbonyl (C=O) groups excluding carboxylic acids is 1. The van der Waals surface area contributed by atoms with Gasteiger partial charge in [0.05, 0.1) is 16.7 Å². The van der Waals surface area contributed by atoms with Crippen molar-refractivity contribution in [2.75, 3.05) is 10.8 Å². The van der Waals surface area contributed by atoms with E-state index in [1.54, 1.807) is 32.0 Å². The monoisotopic (exact) mass is 504 g/mol. The molecule has 27 heavy (non-hydrogen) atoms. The van der Waals surface area contributed by atoms with Crippen molar-refractivity contribution >= 4 is 50.0 Å². The van der Waals surface area contributed by atoms with E-state index in [9.17, 15) is 23.3 Å². The van der Waals surface area contributed by atoms with Gasteiger partial charge in [-0.15, -0.1) is 0 Å². The standard InChI is InChI=1S/C17H17IN2O6S/c1-12(2)26-17(21)11-19(14-7-5-6-13(18)10-14)27(24,25)16-9-4-3-8-15(16)20(22)23/h3-10,12H,11H2,1-2H3. The number of rotatable bonds is 7. The van der Waals surface area contributed by atoms with Gasteiger partial charge in [-0.1, -0.05) is 18.2 Å². The van der Waals surface area contributed by atoms with Crippen LogP contribution >= 0.6 is 22.6 Å². The maximum absolute atomic E-state index is 13.2. The molecule has 0 bridgehead atoms. The average Bonchev–Trinajstić information content (AvgIpc) is 2.59. The fraction of sp³-hybridized carbons (Fsp3) is 0.235. The van der Waals surface area contributed by atoms with Gasteiger partial charge >= 0.3 is 5.97 Å². The van der Waals surface area contributed by atoms with Crippen molar-refractivity contribution in [3.05, 3.63) is 62.2 Å². The second-order valence-electron chi connectivity index (χ2n) is 5.76. The van der Waals surface area contributed by atoms with Crippen LogP contribution in [-0.2, 0) is 19.6 Å². The molecule has 0 aliphatic heterocycles. The number of nitro benzene ring substituents is 1. The van der Waals surface area contributed by atoms with Gasteiger partial charge in [0.25, 0.3) is 15.7 Å². The number of hydrogen-bond donors (Lipinski definition) is 0. The number of anilines is 1. The highest BCUT2D eigenvalue weighted by molar-refractivity contribution is 14.1. The molecule has 0 radical (unpaired) electrons. The van der Waals surface area contributed by atoms with Crippen molar-refractivity contribution < 1.29 is 22.9 Å². The lowest BCUT2D eigenvalue weighted by Gasteiger charge is -2.24. The number of nitrogens with zero attached hydrogens (tertiary/aromatic N) is 2. The lowest BCUT2D eigenvalue weighted by molar-refractivity contribution is -0.387. The van der Waals surface area contributed by atoms with Crippen LogP contribution in [0, 0.1) is 13.7 Å². The Hall–Kier alpha value is -2.21. The summed E-state index contributed by atoms with van der Waals surface area (Å²) in [5, 5.41) is 11.3. The van der Waals surface area contributed by atoms with Crippen LogP contribution in [0.5, 0.6) is 0 Å². The molecule has 0 amide bonds. The van der Waals surface area contributed by atoms with Crippen molar-refractivity contribution in [1.82, 2.24) is 0 Å². The predicted octanol–water partition coefficient (Wildman–Crippen LogP) is 3.35. The van der Waals surface area contributed by atoms with E-state index < -0.39 is 44.1 Å². The number of esters is 1. The number of benzene rings is 2. The molecule has 0 spiro atoms. The first-order valence-corrected chi connectivity index (χ1v) is 10.4. The first-order chi connectivity index (χ1) is 12.6. The Labute approximate surface area is 170 Å². The summed E-state index contributed by atoms with van der Waals surface area (Å²) in [5.74, 6) is -0.758. The van der Waals surface area contributed by atoms with Gasteiger partial charge in [-0.3, -0.25) is 19.2 Å². The van der Waals surface area contributed by atoms with Crippen molar-refractivity contribution in [2.24, 2.45) is 0 Å². The average molecular weight is 504 g/mol. The molecule has 2 rings (SSSR count). The molecule has 0 aromatic heterocycles. The second-order valence-corrected chi connectivity index (χ2v) is 8.83. The van der Waals surface area contributed by atoms with Crippen molar-refractivity contribution in [3.8, 4) is 0 Å². The Morgan fingerprint density at radius 2 is 1.89 bits per heavy atom. The summed E-state index contributed by atoms with van der Waals surface area (Å²) in [4.78, 5) is 22.2. The maximum atomic E-state index is 13.2. The van der Waals surface area contributed by atoms with Crippen LogP contribution in [-0.4, -0.2) is 32.0 Å². The molecule has 2 aromatic carbocycles. The normalized spacial score (nSPS) is 11.3. The third kappa shape index (κ3) is 5.16. The van der Waals surface area contributed by atoms with Crippen LogP contribution in [0.15, 0.2) is 53.4 Å². The lowest BCUT2D eigenvalue weighted by Crippen LogP contribution is -2.37. The molecule has 0 aliphatic carbocycles. The fourth-order valence-corrected chi connectivity index (χ4v) is 4.40. The number of para-hydroxylation sites is 1. The zero-order valence-corrected chi connectivity index (χ0v) is 17.5. The number of halogens is 1. The molecule has 2 aromatic rings. The lowest BCUT2D eigenvalue weighted by atomic mass is 10.3. The summed E-state index contributed by atoms with van der Waals surface area (Å²) in [7, 11) is -4.39. The zero-order chi connectivity index (χ0) is 20.2. The highest BCUT2D eigenvalue weighted by atomic mass is 127. The fourth-order valence-electron chi connectivity index (χ4n) is 2.31. The van der Waals surface area contributed by atoms with E-state index in [0.717, 1.165) is 20.0 Å². The van der Waals surface area contributed by atoms with Crippen molar-refractivity contribution in [1.29, 1.82) is 0 Å². The first-order valence-electron chi connectivity index (χ1n) is 7.84. The third-order valence-electron chi connectivity index (χ3n) is 3.37. The number of sulfonamides is 1. The molecule has 8 nitrogen and oxygen atoms in total. The smallest absolute Gasteiger partial charge is 0.327 e. The van der Waals surface area contributed by atoms with Gasteiger partial charge in [-0.05, 0) is 60.7 Å². The molecule has 0 saturated heterocycles. The van der Waals surface area contributed by atoms with E-state index in [0.29, 0.717) is 0 Å². The summed E-state index contributed by atoms with van der Waals surface area (Å²) < 4.78 is 33.0. The molecular formula is C17H17IN2O6S. The molecule has 0 atom stereocenters. The van der Waals surface area contributed by atoms with Crippen LogP contribution < -0.4 is 4.31 Å². The molecule has 0 unspecified atom stereocenters. The van der Waals surface area contributed by atoms with Gasteiger partial charge in [0.2, 0.25) is 0 Å². The van der Waals surface area contributed by atoms with Crippen LogP contribution in [0.2, 0.25) is 0 Å². The number of nitro groups is 1. The van der Waals surface area contributed by atoms with Crippen molar-refractivity contribution in [2.45, 2.75) is 24.8 Å². The quantitative estimate of drug-likeness (QED) is 0.248. The van der Waals surface area contributed by atoms with Crippen LogP contribution in [0.3, 0.4) is 0 Å². The van der Waals surface area contributed by atoms with Crippen LogP contribution in [0.1, 0.15) is 13.8 Å². The van der Waals surface area contributed by atoms with E-state index in [1.165, 1.54) is 18.2 Å².